The number of allylic oxidation sites excluding steroid dienone is 2. The molecule has 0 spiro atoms. The summed E-state index contributed by atoms with van der Waals surface area (Å²) in [5.41, 5.74) is -3.16. The monoisotopic (exact) mass is 668 g/mol. The maximum atomic E-state index is 15.0. The fraction of sp³-hybridized carbons (Fsp3) is 0.289. The van der Waals surface area contributed by atoms with Crippen LogP contribution in [0, 0.1) is 34.0 Å². The summed E-state index contributed by atoms with van der Waals surface area (Å²) in [6.45, 7) is 6.31. The Labute approximate surface area is 283 Å². The number of rotatable bonds is 13. The Balaban J connectivity index is 1.68. The Hall–Kier alpha value is -5.24. The van der Waals surface area contributed by atoms with Crippen molar-refractivity contribution in [1.29, 1.82) is 15.8 Å². The Morgan fingerprint density at radius 3 is 2.06 bits per heavy atom. The number of nitriles is 3. The molecule has 0 radical (unpaired) electrons. The summed E-state index contributed by atoms with van der Waals surface area (Å²) >= 11 is 1.34. The molecule has 1 aliphatic rings. The van der Waals surface area contributed by atoms with E-state index in [2.05, 4.69) is 24.8 Å². The summed E-state index contributed by atoms with van der Waals surface area (Å²) in [7, 11) is 1.64. The first-order valence-corrected chi connectivity index (χ1v) is 16.4. The van der Waals surface area contributed by atoms with Crippen molar-refractivity contribution in [3.05, 3.63) is 110 Å². The molecule has 3 aromatic rings. The number of hydrogen-bond acceptors (Lipinski definition) is 7. The Morgan fingerprint density at radius 1 is 0.896 bits per heavy atom. The third-order valence-corrected chi connectivity index (χ3v) is 8.92. The molecule has 1 aliphatic heterocycles. The smallest absolute Gasteiger partial charge is 0.437 e. The number of methoxy groups -OCH3 is 1. The topological polar surface area (TPSA) is 93.1 Å². The molecule has 2 heterocycles. The second kappa shape index (κ2) is 16.0. The lowest BCUT2D eigenvalue weighted by atomic mass is 9.84. The van der Waals surface area contributed by atoms with Gasteiger partial charge in [0.25, 0.3) is 5.60 Å². The second-order valence-corrected chi connectivity index (χ2v) is 12.1. The SMILES string of the molecule is CCCCN(CCCC)c1ccc(/C=C/c2ccc(/C=C/C3=C(C#N)C(=C(C#N)C#N)OC3(c3ccccc3)C(F)(F)F)s2)c(OC)c1. The largest absolute Gasteiger partial charge is 0.496 e. The summed E-state index contributed by atoms with van der Waals surface area (Å²) < 4.78 is 56.3. The summed E-state index contributed by atoms with van der Waals surface area (Å²) in [5.74, 6) is 0.0370. The maximum absolute atomic E-state index is 15.0. The first-order valence-electron chi connectivity index (χ1n) is 15.6. The first kappa shape index (κ1) is 35.6. The van der Waals surface area contributed by atoms with Crippen molar-refractivity contribution < 1.29 is 22.6 Å². The predicted octanol–water partition coefficient (Wildman–Crippen LogP) is 9.96. The van der Waals surface area contributed by atoms with E-state index in [1.807, 2.05) is 30.4 Å². The number of thiophene rings is 1. The van der Waals surface area contributed by atoms with Gasteiger partial charge in [-0.05, 0) is 55.3 Å². The highest BCUT2D eigenvalue weighted by Gasteiger charge is 2.65. The molecule has 2 aromatic carbocycles. The van der Waals surface area contributed by atoms with Crippen LogP contribution in [0.15, 0.2) is 89.2 Å². The van der Waals surface area contributed by atoms with Gasteiger partial charge in [-0.1, -0.05) is 63.1 Å². The highest BCUT2D eigenvalue weighted by Crippen LogP contribution is 2.56. The van der Waals surface area contributed by atoms with Gasteiger partial charge in [0.15, 0.2) is 11.3 Å². The summed E-state index contributed by atoms with van der Waals surface area (Å²) in [6.07, 6.45) is 5.87. The van der Waals surface area contributed by atoms with Crippen LogP contribution in [0.4, 0.5) is 18.9 Å². The number of alkyl halides is 3. The van der Waals surface area contributed by atoms with Gasteiger partial charge < -0.3 is 14.4 Å². The van der Waals surface area contributed by atoms with Gasteiger partial charge in [0.05, 0.1) is 7.11 Å². The molecule has 0 saturated carbocycles. The van der Waals surface area contributed by atoms with Crippen molar-refractivity contribution in [2.45, 2.75) is 51.3 Å². The average Bonchev–Trinajstić information content (AvgIpc) is 3.70. The number of unbranched alkanes of at least 4 members (excludes halogenated alkanes) is 2. The van der Waals surface area contributed by atoms with Crippen LogP contribution in [-0.4, -0.2) is 26.4 Å². The molecule has 246 valence electrons. The molecule has 1 unspecified atom stereocenters. The predicted molar refractivity (Wildman–Crippen MR) is 183 cm³/mol. The van der Waals surface area contributed by atoms with E-state index in [4.69, 9.17) is 9.47 Å². The van der Waals surface area contributed by atoms with Crippen molar-refractivity contribution in [2.75, 3.05) is 25.1 Å². The lowest BCUT2D eigenvalue weighted by molar-refractivity contribution is -0.249. The molecule has 1 aromatic heterocycles. The van der Waals surface area contributed by atoms with E-state index in [-0.39, 0.29) is 5.56 Å². The van der Waals surface area contributed by atoms with Crippen molar-refractivity contribution in [2.24, 2.45) is 0 Å². The third kappa shape index (κ3) is 7.49. The third-order valence-electron chi connectivity index (χ3n) is 7.91. The van der Waals surface area contributed by atoms with E-state index >= 15 is 13.2 Å². The van der Waals surface area contributed by atoms with Crippen LogP contribution in [0.5, 0.6) is 5.75 Å². The maximum Gasteiger partial charge on any atom is 0.437 e. The van der Waals surface area contributed by atoms with Crippen LogP contribution in [0.2, 0.25) is 0 Å². The molecule has 0 bridgehead atoms. The lowest BCUT2D eigenvalue weighted by Crippen LogP contribution is -2.43. The molecule has 0 fully saturated rings. The zero-order chi connectivity index (χ0) is 34.7. The minimum absolute atomic E-state index is 0.288. The van der Waals surface area contributed by atoms with Crippen LogP contribution >= 0.6 is 11.3 Å². The van der Waals surface area contributed by atoms with Crippen LogP contribution in [0.1, 0.15) is 60.4 Å². The fourth-order valence-electron chi connectivity index (χ4n) is 5.42. The van der Waals surface area contributed by atoms with E-state index < -0.39 is 34.3 Å². The number of halogens is 3. The molecular formula is C38H35F3N4O2S. The lowest BCUT2D eigenvalue weighted by Gasteiger charge is -2.33. The number of anilines is 1. The minimum atomic E-state index is -5.05. The fourth-order valence-corrected chi connectivity index (χ4v) is 6.24. The Bertz CT molecular complexity index is 1830. The molecular weight excluding hydrogens is 634 g/mol. The summed E-state index contributed by atoms with van der Waals surface area (Å²) in [4.78, 5) is 3.84. The first-order chi connectivity index (χ1) is 23.2. The van der Waals surface area contributed by atoms with Gasteiger partial charge in [-0.25, -0.2) is 0 Å². The zero-order valence-electron chi connectivity index (χ0n) is 27.0. The average molecular weight is 669 g/mol. The molecule has 0 aliphatic carbocycles. The van der Waals surface area contributed by atoms with E-state index in [1.54, 1.807) is 37.5 Å². The van der Waals surface area contributed by atoms with Crippen molar-refractivity contribution >= 4 is 35.3 Å². The van der Waals surface area contributed by atoms with Crippen LogP contribution in [0.3, 0.4) is 0 Å². The molecule has 48 heavy (non-hydrogen) atoms. The van der Waals surface area contributed by atoms with Crippen molar-refractivity contribution in [3.8, 4) is 24.0 Å². The van der Waals surface area contributed by atoms with E-state index in [0.29, 0.717) is 4.88 Å². The Morgan fingerprint density at radius 2 is 1.52 bits per heavy atom. The van der Waals surface area contributed by atoms with Gasteiger partial charge in [0.1, 0.15) is 29.5 Å². The number of nitrogens with zero attached hydrogens (tertiary/aromatic N) is 4. The second-order valence-electron chi connectivity index (χ2n) is 11.0. The van der Waals surface area contributed by atoms with Crippen LogP contribution in [-0.2, 0) is 10.3 Å². The summed E-state index contributed by atoms with van der Waals surface area (Å²) in [6, 6.07) is 21.5. The van der Waals surface area contributed by atoms with Crippen molar-refractivity contribution in [1.82, 2.24) is 0 Å². The number of benzene rings is 2. The molecule has 0 N–H and O–H groups in total. The summed E-state index contributed by atoms with van der Waals surface area (Å²) in [5, 5.41) is 28.9. The Kier molecular flexibility index (Phi) is 11.9. The van der Waals surface area contributed by atoms with E-state index in [9.17, 15) is 15.8 Å². The van der Waals surface area contributed by atoms with Crippen LogP contribution < -0.4 is 9.64 Å². The van der Waals surface area contributed by atoms with Gasteiger partial charge in [-0.2, -0.15) is 29.0 Å². The van der Waals surface area contributed by atoms with Gasteiger partial charge in [0, 0.05) is 51.3 Å². The quantitative estimate of drug-likeness (QED) is 0.168. The molecule has 1 atom stereocenters. The van der Waals surface area contributed by atoms with E-state index in [0.717, 1.165) is 60.7 Å². The highest BCUT2D eigenvalue weighted by molar-refractivity contribution is 7.13. The number of ether oxygens (including phenoxy) is 2. The highest BCUT2D eigenvalue weighted by atomic mass is 32.1. The van der Waals surface area contributed by atoms with Crippen molar-refractivity contribution in [3.63, 3.8) is 0 Å². The van der Waals surface area contributed by atoms with Crippen LogP contribution in [0.25, 0.3) is 18.2 Å². The zero-order valence-corrected chi connectivity index (χ0v) is 27.8. The normalized spacial score (nSPS) is 16.1. The standard InChI is InChI=1S/C38H35F3N4O2S/c1-4-6-21-45(22-7-5-2)30-15-13-27(35(23-30)46-3)14-16-31-17-18-32(48-31)19-20-34-33(26-44)36(28(24-42)25-43)47-37(34,38(39,40)41)29-11-9-8-10-12-29/h8-20,23H,4-7,21-22H2,1-3H3/b16-14+,20-19+. The minimum Gasteiger partial charge on any atom is -0.496 e. The molecule has 6 nitrogen and oxygen atoms in total. The van der Waals surface area contributed by atoms with Gasteiger partial charge in [-0.3, -0.25) is 0 Å². The molecule has 0 saturated heterocycles. The molecule has 0 amide bonds. The number of hydrogen-bond donors (Lipinski definition) is 0. The van der Waals surface area contributed by atoms with Gasteiger partial charge >= 0.3 is 6.18 Å². The van der Waals surface area contributed by atoms with E-state index in [1.165, 1.54) is 47.8 Å². The molecule has 10 heteroatoms. The van der Waals surface area contributed by atoms with Gasteiger partial charge in [-0.15, -0.1) is 11.3 Å². The molecule has 4 rings (SSSR count). The van der Waals surface area contributed by atoms with Gasteiger partial charge in [0.2, 0.25) is 0 Å².